The van der Waals surface area contributed by atoms with E-state index in [1.807, 2.05) is 30.3 Å². The molecule has 0 saturated heterocycles. The summed E-state index contributed by atoms with van der Waals surface area (Å²) in [5.74, 6) is -0.498. The van der Waals surface area contributed by atoms with E-state index in [-0.39, 0.29) is 36.1 Å². The Hall–Kier alpha value is -1.17. The van der Waals surface area contributed by atoms with E-state index < -0.39 is 9.84 Å². The Bertz CT molecular complexity index is 567. The molecule has 0 heterocycles. The summed E-state index contributed by atoms with van der Waals surface area (Å²) in [4.78, 5) is 12.0. The van der Waals surface area contributed by atoms with Gasteiger partial charge in [-0.15, -0.1) is 11.6 Å². The molecule has 0 aliphatic carbocycles. The minimum absolute atomic E-state index is 0.0418. The van der Waals surface area contributed by atoms with Gasteiger partial charge in [0.05, 0.1) is 11.5 Å². The lowest BCUT2D eigenvalue weighted by Crippen LogP contribution is -2.19. The summed E-state index contributed by atoms with van der Waals surface area (Å²) in [7, 11) is -3.26. The van der Waals surface area contributed by atoms with Crippen LogP contribution in [0.3, 0.4) is 0 Å². The van der Waals surface area contributed by atoms with Crippen LogP contribution in [0.15, 0.2) is 35.9 Å². The van der Waals surface area contributed by atoms with Gasteiger partial charge in [0.1, 0.15) is 0 Å². The third-order valence-electron chi connectivity index (χ3n) is 2.75. The smallest absolute Gasteiger partial charge is 0.161 e. The Labute approximate surface area is 124 Å². The van der Waals surface area contributed by atoms with Gasteiger partial charge in [0.15, 0.2) is 15.6 Å². The van der Waals surface area contributed by atoms with Crippen LogP contribution in [0.1, 0.15) is 12.0 Å². The Morgan fingerprint density at radius 3 is 2.40 bits per heavy atom. The molecular weight excluding hydrogens is 298 g/mol. The first-order chi connectivity index (χ1) is 9.48. The number of sulfone groups is 1. The summed E-state index contributed by atoms with van der Waals surface area (Å²) >= 11 is 5.40. The zero-order valence-corrected chi connectivity index (χ0v) is 12.7. The molecule has 0 spiro atoms. The lowest BCUT2D eigenvalue weighted by atomic mass is 10.1. The molecule has 1 aromatic rings. The van der Waals surface area contributed by atoms with Crippen molar-refractivity contribution in [1.29, 1.82) is 0 Å². The van der Waals surface area contributed by atoms with Crippen molar-refractivity contribution in [1.82, 2.24) is 0 Å². The van der Waals surface area contributed by atoms with Crippen molar-refractivity contribution in [3.8, 4) is 0 Å². The molecular formula is C14H18ClNO3S. The molecule has 1 aromatic carbocycles. The molecule has 0 aliphatic heterocycles. The van der Waals surface area contributed by atoms with Crippen LogP contribution in [0.5, 0.6) is 0 Å². The minimum atomic E-state index is -3.26. The second-order valence-corrected chi connectivity index (χ2v) is 6.98. The molecule has 110 valence electrons. The maximum atomic E-state index is 12.0. The van der Waals surface area contributed by atoms with Crippen molar-refractivity contribution in [3.63, 3.8) is 0 Å². The number of hydrogen-bond donors (Lipinski definition) is 1. The quantitative estimate of drug-likeness (QED) is 0.584. The largest absolute Gasteiger partial charge is 0.326 e. The summed E-state index contributed by atoms with van der Waals surface area (Å²) in [6.07, 6.45) is 1.63. The first-order valence-electron chi connectivity index (χ1n) is 6.24. The number of alkyl halides is 1. The van der Waals surface area contributed by atoms with Gasteiger partial charge in [0, 0.05) is 24.4 Å². The Morgan fingerprint density at radius 2 is 1.85 bits per heavy atom. The van der Waals surface area contributed by atoms with Gasteiger partial charge in [-0.1, -0.05) is 30.3 Å². The second-order valence-electron chi connectivity index (χ2n) is 4.30. The topological polar surface area (TPSA) is 77.2 Å². The average molecular weight is 316 g/mol. The highest BCUT2D eigenvalue weighted by atomic mass is 35.5. The zero-order chi connectivity index (χ0) is 15.0. The first-order valence-corrected chi connectivity index (χ1v) is 8.59. The summed E-state index contributed by atoms with van der Waals surface area (Å²) in [5.41, 5.74) is 6.85. The van der Waals surface area contributed by atoms with Gasteiger partial charge in [-0.05, 0) is 11.6 Å². The number of hydrogen-bond acceptors (Lipinski definition) is 4. The summed E-state index contributed by atoms with van der Waals surface area (Å²) in [5, 5.41) is 0. The molecule has 0 atom stereocenters. The van der Waals surface area contributed by atoms with Gasteiger partial charge in [0.25, 0.3) is 0 Å². The van der Waals surface area contributed by atoms with Crippen LogP contribution in [0.2, 0.25) is 0 Å². The van der Waals surface area contributed by atoms with Gasteiger partial charge in [-0.3, -0.25) is 4.79 Å². The summed E-state index contributed by atoms with van der Waals surface area (Å²) < 4.78 is 23.0. The van der Waals surface area contributed by atoms with Gasteiger partial charge in [0.2, 0.25) is 0 Å². The molecule has 0 aromatic heterocycles. The number of benzene rings is 1. The Morgan fingerprint density at radius 1 is 1.20 bits per heavy atom. The third-order valence-corrected chi connectivity index (χ3v) is 4.81. The lowest BCUT2D eigenvalue weighted by molar-refractivity contribution is -0.115. The van der Waals surface area contributed by atoms with E-state index in [4.69, 9.17) is 17.3 Å². The fraction of sp³-hybridized carbons (Fsp3) is 0.357. The predicted molar refractivity (Wildman–Crippen MR) is 82.5 cm³/mol. The van der Waals surface area contributed by atoms with Crippen molar-refractivity contribution in [3.05, 3.63) is 41.5 Å². The van der Waals surface area contributed by atoms with E-state index in [0.29, 0.717) is 5.57 Å². The first kappa shape index (κ1) is 16.9. The third kappa shape index (κ3) is 5.86. The van der Waals surface area contributed by atoms with Crippen LogP contribution in [0, 0.1) is 0 Å². The van der Waals surface area contributed by atoms with Crippen LogP contribution < -0.4 is 5.73 Å². The average Bonchev–Trinajstić information content (AvgIpc) is 2.43. The highest BCUT2D eigenvalue weighted by molar-refractivity contribution is 7.91. The predicted octanol–water partition coefficient (Wildman–Crippen LogP) is 1.64. The van der Waals surface area contributed by atoms with E-state index in [2.05, 4.69) is 0 Å². The number of rotatable bonds is 8. The van der Waals surface area contributed by atoms with E-state index in [1.165, 1.54) is 0 Å². The maximum Gasteiger partial charge on any atom is 0.161 e. The number of ketones is 1. The summed E-state index contributed by atoms with van der Waals surface area (Å²) in [6.45, 7) is 0.0866. The van der Waals surface area contributed by atoms with Crippen LogP contribution in [-0.2, 0) is 14.6 Å². The lowest BCUT2D eigenvalue weighted by Gasteiger charge is -2.05. The van der Waals surface area contributed by atoms with Gasteiger partial charge in [-0.2, -0.15) is 0 Å². The number of carbonyl (C=O) groups excluding carboxylic acids is 1. The normalized spacial score (nSPS) is 12.4. The number of Topliss-reactive ketones (excluding diaryl/α,β-unsaturated/α-hetero) is 1. The van der Waals surface area contributed by atoms with E-state index in [1.54, 1.807) is 6.08 Å². The van der Waals surface area contributed by atoms with Crippen molar-refractivity contribution in [2.75, 3.05) is 23.9 Å². The molecule has 0 bridgehead atoms. The molecule has 0 saturated carbocycles. The number of halogens is 1. The highest BCUT2D eigenvalue weighted by Crippen LogP contribution is 2.09. The molecule has 20 heavy (non-hydrogen) atoms. The molecule has 0 fully saturated rings. The molecule has 4 nitrogen and oxygen atoms in total. The minimum Gasteiger partial charge on any atom is -0.326 e. The molecule has 0 amide bonds. The second kappa shape index (κ2) is 8.19. The van der Waals surface area contributed by atoms with Gasteiger partial charge in [-0.25, -0.2) is 8.42 Å². The van der Waals surface area contributed by atoms with Gasteiger partial charge < -0.3 is 5.73 Å². The van der Waals surface area contributed by atoms with Crippen LogP contribution in [0.25, 0.3) is 6.08 Å². The molecule has 0 aliphatic rings. The van der Waals surface area contributed by atoms with Crippen LogP contribution in [-0.4, -0.2) is 38.1 Å². The number of carbonyl (C=O) groups is 1. The van der Waals surface area contributed by atoms with Crippen molar-refractivity contribution >= 4 is 33.3 Å². The highest BCUT2D eigenvalue weighted by Gasteiger charge is 2.15. The number of nitrogens with two attached hydrogens (primary N) is 1. The standard InChI is InChI=1S/C14H18ClNO3S/c15-7-9-20(18,19)8-6-14(17)13(11-16)10-12-4-2-1-3-5-12/h1-5,10H,6-9,11,16H2. The van der Waals surface area contributed by atoms with Gasteiger partial charge >= 0.3 is 0 Å². The SMILES string of the molecule is NCC(=Cc1ccccc1)C(=O)CCS(=O)(=O)CCCl. The van der Waals surface area contributed by atoms with Crippen LogP contribution >= 0.6 is 11.6 Å². The van der Waals surface area contributed by atoms with Crippen molar-refractivity contribution < 1.29 is 13.2 Å². The summed E-state index contributed by atoms with van der Waals surface area (Å²) in [6, 6.07) is 9.30. The van der Waals surface area contributed by atoms with Crippen molar-refractivity contribution in [2.45, 2.75) is 6.42 Å². The monoisotopic (exact) mass is 315 g/mol. The molecule has 2 N–H and O–H groups in total. The zero-order valence-electron chi connectivity index (χ0n) is 11.1. The molecule has 0 unspecified atom stereocenters. The maximum absolute atomic E-state index is 12.0. The fourth-order valence-corrected chi connectivity index (χ4v) is 3.27. The molecule has 1 rings (SSSR count). The van der Waals surface area contributed by atoms with E-state index in [0.717, 1.165) is 5.56 Å². The van der Waals surface area contributed by atoms with E-state index in [9.17, 15) is 13.2 Å². The molecule has 0 radical (unpaired) electrons. The molecule has 6 heteroatoms. The van der Waals surface area contributed by atoms with Crippen molar-refractivity contribution in [2.24, 2.45) is 5.73 Å². The fourth-order valence-electron chi connectivity index (χ4n) is 1.63. The Balaban J connectivity index is 2.72. The van der Waals surface area contributed by atoms with Crippen LogP contribution in [0.4, 0.5) is 0 Å². The Kier molecular flexibility index (Phi) is 6.91. The van der Waals surface area contributed by atoms with E-state index >= 15 is 0 Å².